The lowest BCUT2D eigenvalue weighted by atomic mass is 9.68. The third kappa shape index (κ3) is 2.19. The molecule has 0 amide bonds. The Labute approximate surface area is 110 Å². The van der Waals surface area contributed by atoms with Crippen LogP contribution >= 0.6 is 0 Å². The van der Waals surface area contributed by atoms with E-state index in [0.717, 1.165) is 12.0 Å². The predicted molar refractivity (Wildman–Crippen MR) is 75.7 cm³/mol. The van der Waals surface area contributed by atoms with E-state index in [9.17, 15) is 5.11 Å². The smallest absolute Gasteiger partial charge is 0.0944 e. The number of fused-ring (bicyclic) bond motifs is 1. The lowest BCUT2D eigenvalue weighted by Gasteiger charge is -2.40. The second-order valence-electron chi connectivity index (χ2n) is 7.25. The van der Waals surface area contributed by atoms with E-state index < -0.39 is 6.10 Å². The van der Waals surface area contributed by atoms with Crippen molar-refractivity contribution in [2.24, 2.45) is 5.73 Å². The number of aliphatic hydroxyl groups is 1. The number of benzene rings is 1. The van der Waals surface area contributed by atoms with E-state index in [-0.39, 0.29) is 16.9 Å². The van der Waals surface area contributed by atoms with Crippen molar-refractivity contribution in [3.63, 3.8) is 0 Å². The van der Waals surface area contributed by atoms with Crippen LogP contribution in [0.4, 0.5) is 0 Å². The molecule has 18 heavy (non-hydrogen) atoms. The van der Waals surface area contributed by atoms with Crippen molar-refractivity contribution in [2.45, 2.75) is 64.0 Å². The Balaban J connectivity index is 2.58. The fourth-order valence-corrected chi connectivity index (χ4v) is 2.93. The Kier molecular flexibility index (Phi) is 3.07. The zero-order valence-corrected chi connectivity index (χ0v) is 12.1. The molecule has 1 aliphatic rings. The molecule has 1 aromatic carbocycles. The fraction of sp³-hybridized carbons (Fsp3) is 0.625. The van der Waals surface area contributed by atoms with Crippen LogP contribution < -0.4 is 5.73 Å². The van der Waals surface area contributed by atoms with E-state index in [1.807, 2.05) is 0 Å². The van der Waals surface area contributed by atoms with Gasteiger partial charge in [0.25, 0.3) is 0 Å². The average Bonchev–Trinajstić information content (AvgIpc) is 2.24. The van der Waals surface area contributed by atoms with E-state index >= 15 is 0 Å². The van der Waals surface area contributed by atoms with Crippen LogP contribution in [0.5, 0.6) is 0 Å². The summed E-state index contributed by atoms with van der Waals surface area (Å²) in [6.07, 6.45) is 0.297. The van der Waals surface area contributed by atoms with Crippen molar-refractivity contribution in [3.8, 4) is 0 Å². The van der Waals surface area contributed by atoms with Crippen molar-refractivity contribution in [2.75, 3.05) is 0 Å². The van der Waals surface area contributed by atoms with Crippen molar-refractivity contribution in [3.05, 3.63) is 34.9 Å². The highest BCUT2D eigenvalue weighted by Crippen LogP contribution is 2.42. The highest BCUT2D eigenvalue weighted by molar-refractivity contribution is 5.43. The molecule has 1 aromatic rings. The molecule has 1 aliphatic carbocycles. The molecular weight excluding hydrogens is 222 g/mol. The maximum atomic E-state index is 10.3. The highest BCUT2D eigenvalue weighted by atomic mass is 16.3. The van der Waals surface area contributed by atoms with Gasteiger partial charge >= 0.3 is 0 Å². The molecule has 0 spiro atoms. The zero-order valence-electron chi connectivity index (χ0n) is 12.1. The molecule has 2 nitrogen and oxygen atoms in total. The summed E-state index contributed by atoms with van der Waals surface area (Å²) >= 11 is 0. The van der Waals surface area contributed by atoms with Crippen LogP contribution in [-0.2, 0) is 10.8 Å². The molecule has 0 bridgehead atoms. The molecular formula is C16H25NO. The molecule has 0 saturated carbocycles. The Hall–Kier alpha value is -0.860. The van der Waals surface area contributed by atoms with Crippen LogP contribution in [0.1, 0.15) is 63.8 Å². The van der Waals surface area contributed by atoms with Crippen molar-refractivity contribution >= 4 is 0 Å². The topological polar surface area (TPSA) is 46.2 Å². The fourth-order valence-electron chi connectivity index (χ4n) is 2.93. The highest BCUT2D eigenvalue weighted by Gasteiger charge is 2.37. The van der Waals surface area contributed by atoms with E-state index in [1.165, 1.54) is 11.1 Å². The van der Waals surface area contributed by atoms with E-state index in [0.29, 0.717) is 0 Å². The van der Waals surface area contributed by atoms with Crippen LogP contribution in [0.3, 0.4) is 0 Å². The van der Waals surface area contributed by atoms with E-state index in [1.54, 1.807) is 0 Å². The molecule has 2 unspecified atom stereocenters. The second kappa shape index (κ2) is 4.07. The van der Waals surface area contributed by atoms with Gasteiger partial charge in [0, 0.05) is 6.04 Å². The lowest BCUT2D eigenvalue weighted by Crippen LogP contribution is -2.41. The standard InChI is InChI=1S/C16H25NO/c1-15(2,3)10-6-7-12-11(8-10)14(18)13(17)9-16(12,4)5/h6-8,13-14,18H,9,17H2,1-5H3. The summed E-state index contributed by atoms with van der Waals surface area (Å²) < 4.78 is 0. The quantitative estimate of drug-likeness (QED) is 0.740. The second-order valence-corrected chi connectivity index (χ2v) is 7.25. The Morgan fingerprint density at radius 3 is 2.44 bits per heavy atom. The van der Waals surface area contributed by atoms with Crippen LogP contribution in [0.25, 0.3) is 0 Å². The van der Waals surface area contributed by atoms with E-state index in [2.05, 4.69) is 52.8 Å². The third-order valence-electron chi connectivity index (χ3n) is 4.12. The molecule has 3 N–H and O–H groups in total. The molecule has 0 saturated heterocycles. The number of nitrogens with two attached hydrogens (primary N) is 1. The first kappa shape index (κ1) is 13.6. The van der Waals surface area contributed by atoms with Crippen LogP contribution in [0.2, 0.25) is 0 Å². The molecule has 0 radical (unpaired) electrons. The zero-order chi connectivity index (χ0) is 13.7. The molecule has 0 heterocycles. The maximum Gasteiger partial charge on any atom is 0.0944 e. The number of aliphatic hydroxyl groups excluding tert-OH is 1. The third-order valence-corrected chi connectivity index (χ3v) is 4.12. The molecule has 2 heteroatoms. The van der Waals surface area contributed by atoms with Gasteiger partial charge in [0.05, 0.1) is 6.10 Å². The van der Waals surface area contributed by atoms with Crippen molar-refractivity contribution in [1.82, 2.24) is 0 Å². The molecule has 0 fully saturated rings. The van der Waals surface area contributed by atoms with Gasteiger partial charge in [-0.3, -0.25) is 0 Å². The van der Waals surface area contributed by atoms with Gasteiger partial charge in [0.2, 0.25) is 0 Å². The first-order chi connectivity index (χ1) is 8.13. The first-order valence-electron chi connectivity index (χ1n) is 6.71. The summed E-state index contributed by atoms with van der Waals surface area (Å²) in [5, 5.41) is 10.3. The van der Waals surface area contributed by atoms with E-state index in [4.69, 9.17) is 5.73 Å². The predicted octanol–water partition coefficient (Wildman–Crippen LogP) is 3.03. The first-order valence-corrected chi connectivity index (χ1v) is 6.71. The van der Waals surface area contributed by atoms with Gasteiger partial charge in [-0.05, 0) is 33.9 Å². The number of rotatable bonds is 0. The molecule has 2 rings (SSSR count). The Morgan fingerprint density at radius 1 is 1.28 bits per heavy atom. The minimum atomic E-state index is -0.532. The minimum Gasteiger partial charge on any atom is -0.387 e. The van der Waals surface area contributed by atoms with Gasteiger partial charge in [-0.2, -0.15) is 0 Å². The summed E-state index contributed by atoms with van der Waals surface area (Å²) in [4.78, 5) is 0. The Morgan fingerprint density at radius 2 is 1.89 bits per heavy atom. The van der Waals surface area contributed by atoms with Crippen molar-refractivity contribution < 1.29 is 5.11 Å². The van der Waals surface area contributed by atoms with Gasteiger partial charge in [-0.1, -0.05) is 52.8 Å². The van der Waals surface area contributed by atoms with Gasteiger partial charge in [-0.15, -0.1) is 0 Å². The van der Waals surface area contributed by atoms with Gasteiger partial charge in [0.15, 0.2) is 0 Å². The average molecular weight is 247 g/mol. The van der Waals surface area contributed by atoms with Crippen LogP contribution in [0, 0.1) is 0 Å². The van der Waals surface area contributed by atoms with Crippen molar-refractivity contribution in [1.29, 1.82) is 0 Å². The SMILES string of the molecule is CC(C)(C)c1ccc2c(c1)C(O)C(N)CC2(C)C. The number of hydrogen-bond acceptors (Lipinski definition) is 2. The molecule has 0 aliphatic heterocycles. The molecule has 2 atom stereocenters. The minimum absolute atomic E-state index is 0.0460. The summed E-state index contributed by atoms with van der Waals surface area (Å²) in [5.74, 6) is 0. The largest absolute Gasteiger partial charge is 0.387 e. The summed E-state index contributed by atoms with van der Waals surface area (Å²) in [6.45, 7) is 11.0. The van der Waals surface area contributed by atoms with Crippen LogP contribution in [-0.4, -0.2) is 11.1 Å². The van der Waals surface area contributed by atoms with Gasteiger partial charge < -0.3 is 10.8 Å². The monoisotopic (exact) mass is 247 g/mol. The molecule has 0 aromatic heterocycles. The summed E-state index contributed by atoms with van der Waals surface area (Å²) in [6, 6.07) is 6.33. The summed E-state index contributed by atoms with van der Waals surface area (Å²) in [7, 11) is 0. The molecule has 100 valence electrons. The van der Waals surface area contributed by atoms with Gasteiger partial charge in [-0.25, -0.2) is 0 Å². The Bertz CT molecular complexity index is 457. The van der Waals surface area contributed by atoms with Crippen LogP contribution in [0.15, 0.2) is 18.2 Å². The summed E-state index contributed by atoms with van der Waals surface area (Å²) in [5.41, 5.74) is 9.74. The maximum absolute atomic E-state index is 10.3. The lowest BCUT2D eigenvalue weighted by molar-refractivity contribution is 0.115. The normalized spacial score (nSPS) is 26.8. The number of hydrogen-bond donors (Lipinski definition) is 2. The van der Waals surface area contributed by atoms with Gasteiger partial charge in [0.1, 0.15) is 0 Å².